The van der Waals surface area contributed by atoms with Crippen LogP contribution in [0, 0.1) is 6.92 Å². The maximum atomic E-state index is 11.4. The molecule has 0 bridgehead atoms. The fraction of sp³-hybridized carbons (Fsp3) is 0.167. The number of benzene rings is 1. The van der Waals surface area contributed by atoms with Gasteiger partial charge in [0.25, 0.3) is 0 Å². The van der Waals surface area contributed by atoms with E-state index in [-0.39, 0.29) is 6.61 Å². The topological polar surface area (TPSA) is 115 Å². The lowest BCUT2D eigenvalue weighted by atomic mass is 10.1. The molecule has 0 atom stereocenters. The van der Waals surface area contributed by atoms with E-state index in [9.17, 15) is 9.90 Å². The van der Waals surface area contributed by atoms with Gasteiger partial charge in [-0.05, 0) is 25.1 Å². The molecule has 0 saturated carbocycles. The molecule has 0 spiro atoms. The highest BCUT2D eigenvalue weighted by Gasteiger charge is 2.19. The number of nitrogens with one attached hydrogen (secondary N) is 1. The zero-order valence-corrected chi connectivity index (χ0v) is 14.4. The van der Waals surface area contributed by atoms with Crippen molar-refractivity contribution in [1.82, 2.24) is 14.8 Å². The molecule has 0 radical (unpaired) electrons. The number of anilines is 1. The normalized spacial score (nSPS) is 10.6. The smallest absolute Gasteiger partial charge is 0.317 e. The highest BCUT2D eigenvalue weighted by atomic mass is 16.5. The standard InChI is InChI=1S/C18H19N5O3/c1-11-15(12-8-13(10-24)17(26-2)20-9-12)22-23(16(11)21-18(19)25)14-6-4-3-5-7-14/h3-9,24H,10H2,1-2H3,(H3,19,21,25). The van der Waals surface area contributed by atoms with Crippen LogP contribution in [0.1, 0.15) is 11.1 Å². The number of pyridine rings is 1. The number of hydrogen-bond donors (Lipinski definition) is 3. The predicted octanol–water partition coefficient (Wildman–Crippen LogP) is 2.23. The zero-order valence-electron chi connectivity index (χ0n) is 14.4. The first-order chi connectivity index (χ1) is 12.5. The summed E-state index contributed by atoms with van der Waals surface area (Å²) in [6.45, 7) is 1.62. The number of nitrogens with zero attached hydrogens (tertiary/aromatic N) is 3. The first-order valence-corrected chi connectivity index (χ1v) is 7.90. The number of primary amides is 1. The number of hydrogen-bond acceptors (Lipinski definition) is 5. The fourth-order valence-electron chi connectivity index (χ4n) is 2.71. The molecule has 8 nitrogen and oxygen atoms in total. The lowest BCUT2D eigenvalue weighted by molar-refractivity contribution is 0.259. The molecule has 4 N–H and O–H groups in total. The van der Waals surface area contributed by atoms with E-state index in [1.54, 1.807) is 16.9 Å². The summed E-state index contributed by atoms with van der Waals surface area (Å²) in [7, 11) is 1.49. The number of aliphatic hydroxyl groups is 1. The van der Waals surface area contributed by atoms with Crippen LogP contribution in [0.4, 0.5) is 10.6 Å². The number of carbonyl (C=O) groups is 1. The van der Waals surface area contributed by atoms with E-state index >= 15 is 0 Å². The van der Waals surface area contributed by atoms with E-state index in [2.05, 4.69) is 15.4 Å². The number of urea groups is 1. The largest absolute Gasteiger partial charge is 0.481 e. The van der Waals surface area contributed by atoms with Crippen molar-refractivity contribution in [3.8, 4) is 22.8 Å². The SMILES string of the molecule is COc1ncc(-c2nn(-c3ccccc3)c(NC(N)=O)c2C)cc1CO. The van der Waals surface area contributed by atoms with Crippen LogP contribution in [-0.4, -0.2) is 33.0 Å². The second-order valence-electron chi connectivity index (χ2n) is 5.61. The zero-order chi connectivity index (χ0) is 18.7. The van der Waals surface area contributed by atoms with Gasteiger partial charge in [-0.3, -0.25) is 5.32 Å². The third-order valence-electron chi connectivity index (χ3n) is 3.93. The fourth-order valence-corrected chi connectivity index (χ4v) is 2.71. The summed E-state index contributed by atoms with van der Waals surface area (Å²) < 4.78 is 6.75. The van der Waals surface area contributed by atoms with Crippen LogP contribution >= 0.6 is 0 Å². The molecule has 0 aliphatic rings. The molecular weight excluding hydrogens is 334 g/mol. The molecule has 26 heavy (non-hydrogen) atoms. The van der Waals surface area contributed by atoms with Gasteiger partial charge in [0.05, 0.1) is 25.1 Å². The van der Waals surface area contributed by atoms with Crippen LogP contribution in [-0.2, 0) is 6.61 Å². The maximum absolute atomic E-state index is 11.4. The number of aliphatic hydroxyl groups excluding tert-OH is 1. The summed E-state index contributed by atoms with van der Waals surface area (Å²) in [6.07, 6.45) is 1.61. The van der Waals surface area contributed by atoms with Gasteiger partial charge < -0.3 is 15.6 Å². The molecule has 0 aliphatic carbocycles. The number of methoxy groups -OCH3 is 1. The molecule has 8 heteroatoms. The van der Waals surface area contributed by atoms with Crippen molar-refractivity contribution in [1.29, 1.82) is 0 Å². The summed E-state index contributed by atoms with van der Waals surface area (Å²) in [5, 5.41) is 16.8. The maximum Gasteiger partial charge on any atom is 0.317 e. The van der Waals surface area contributed by atoms with Crippen molar-refractivity contribution >= 4 is 11.8 Å². The third kappa shape index (κ3) is 3.22. The number of para-hydroxylation sites is 1. The minimum atomic E-state index is -0.680. The van der Waals surface area contributed by atoms with Gasteiger partial charge in [0.1, 0.15) is 5.82 Å². The first kappa shape index (κ1) is 17.4. The van der Waals surface area contributed by atoms with Crippen molar-refractivity contribution in [2.75, 3.05) is 12.4 Å². The van der Waals surface area contributed by atoms with E-state index in [1.165, 1.54) is 7.11 Å². The summed E-state index contributed by atoms with van der Waals surface area (Å²) in [5.41, 5.74) is 8.66. The molecule has 2 amide bonds. The molecule has 3 aromatic rings. The number of rotatable bonds is 5. The molecule has 0 fully saturated rings. The van der Waals surface area contributed by atoms with Gasteiger partial charge >= 0.3 is 6.03 Å². The number of carbonyl (C=O) groups excluding carboxylic acids is 1. The van der Waals surface area contributed by atoms with Crippen LogP contribution in [0.3, 0.4) is 0 Å². The molecule has 134 valence electrons. The van der Waals surface area contributed by atoms with Crippen LogP contribution in [0.25, 0.3) is 16.9 Å². The second-order valence-corrected chi connectivity index (χ2v) is 5.61. The van der Waals surface area contributed by atoms with Crippen LogP contribution < -0.4 is 15.8 Å². The Bertz CT molecular complexity index is 937. The number of ether oxygens (including phenoxy) is 1. The quantitative estimate of drug-likeness (QED) is 0.650. The Morgan fingerprint density at radius 3 is 2.69 bits per heavy atom. The Labute approximate surface area is 150 Å². The third-order valence-corrected chi connectivity index (χ3v) is 3.93. The lowest BCUT2D eigenvalue weighted by Gasteiger charge is -2.07. The van der Waals surface area contributed by atoms with Gasteiger partial charge in [-0.2, -0.15) is 5.10 Å². The average Bonchev–Trinajstić information content (AvgIpc) is 2.98. The second kappa shape index (κ2) is 7.24. The molecule has 0 unspecified atom stereocenters. The van der Waals surface area contributed by atoms with E-state index in [0.29, 0.717) is 28.5 Å². The number of amides is 2. The number of nitrogens with two attached hydrogens (primary N) is 1. The van der Waals surface area contributed by atoms with E-state index < -0.39 is 6.03 Å². The van der Waals surface area contributed by atoms with Crippen molar-refractivity contribution in [3.05, 3.63) is 53.7 Å². The minimum absolute atomic E-state index is 0.213. The summed E-state index contributed by atoms with van der Waals surface area (Å²) >= 11 is 0. The molecule has 2 heterocycles. The van der Waals surface area contributed by atoms with Crippen molar-refractivity contribution in [3.63, 3.8) is 0 Å². The van der Waals surface area contributed by atoms with Gasteiger partial charge in [0.2, 0.25) is 5.88 Å². The van der Waals surface area contributed by atoms with Gasteiger partial charge in [0, 0.05) is 22.9 Å². The molecule has 0 aliphatic heterocycles. The summed E-state index contributed by atoms with van der Waals surface area (Å²) in [4.78, 5) is 15.7. The summed E-state index contributed by atoms with van der Waals surface area (Å²) in [5.74, 6) is 0.826. The lowest BCUT2D eigenvalue weighted by Crippen LogP contribution is -2.21. The summed E-state index contributed by atoms with van der Waals surface area (Å²) in [6, 6.07) is 10.5. The Balaban J connectivity index is 2.17. The highest BCUT2D eigenvalue weighted by molar-refractivity contribution is 5.89. The van der Waals surface area contributed by atoms with E-state index in [4.69, 9.17) is 10.5 Å². The van der Waals surface area contributed by atoms with Gasteiger partial charge in [-0.25, -0.2) is 14.5 Å². The first-order valence-electron chi connectivity index (χ1n) is 7.90. The Kier molecular flexibility index (Phi) is 4.85. The van der Waals surface area contributed by atoms with Crippen LogP contribution in [0.5, 0.6) is 5.88 Å². The molecule has 0 saturated heterocycles. The number of aromatic nitrogens is 3. The monoisotopic (exact) mass is 353 g/mol. The predicted molar refractivity (Wildman–Crippen MR) is 97.2 cm³/mol. The Hall–Kier alpha value is -3.39. The molecule has 3 rings (SSSR count). The van der Waals surface area contributed by atoms with E-state index in [0.717, 1.165) is 11.3 Å². The van der Waals surface area contributed by atoms with Crippen molar-refractivity contribution in [2.24, 2.45) is 5.73 Å². The Morgan fingerprint density at radius 2 is 2.08 bits per heavy atom. The average molecular weight is 353 g/mol. The molecule has 1 aromatic carbocycles. The van der Waals surface area contributed by atoms with Crippen molar-refractivity contribution < 1.29 is 14.6 Å². The van der Waals surface area contributed by atoms with E-state index in [1.807, 2.05) is 37.3 Å². The van der Waals surface area contributed by atoms with Gasteiger partial charge in [-0.1, -0.05) is 18.2 Å². The van der Waals surface area contributed by atoms with Gasteiger partial charge in [0.15, 0.2) is 0 Å². The molecular formula is C18H19N5O3. The minimum Gasteiger partial charge on any atom is -0.481 e. The van der Waals surface area contributed by atoms with Crippen LogP contribution in [0.2, 0.25) is 0 Å². The molecule has 2 aromatic heterocycles. The highest BCUT2D eigenvalue weighted by Crippen LogP contribution is 2.31. The van der Waals surface area contributed by atoms with Gasteiger partial charge in [-0.15, -0.1) is 0 Å². The van der Waals surface area contributed by atoms with Crippen LogP contribution in [0.15, 0.2) is 42.6 Å². The Morgan fingerprint density at radius 1 is 1.35 bits per heavy atom. The van der Waals surface area contributed by atoms with Crippen molar-refractivity contribution in [2.45, 2.75) is 13.5 Å².